The number of pyridine rings is 1. The van der Waals surface area contributed by atoms with Gasteiger partial charge in [-0.15, -0.1) is 11.3 Å². The van der Waals surface area contributed by atoms with Gasteiger partial charge >= 0.3 is 11.7 Å². The van der Waals surface area contributed by atoms with Crippen molar-refractivity contribution in [2.75, 3.05) is 5.32 Å². The first-order chi connectivity index (χ1) is 9.49. The molecule has 0 atom stereocenters. The second-order valence-corrected chi connectivity index (χ2v) is 5.03. The Morgan fingerprint density at radius 3 is 2.90 bits per heavy atom. The van der Waals surface area contributed by atoms with Gasteiger partial charge in [0, 0.05) is 10.9 Å². The molecule has 7 nitrogen and oxygen atoms in total. The number of nitrogens with one attached hydrogen (secondary N) is 1. The average molecular weight is 293 g/mol. The van der Waals surface area contributed by atoms with Gasteiger partial charge in [-0.05, 0) is 23.9 Å². The molecule has 0 aromatic carbocycles. The molecule has 0 saturated heterocycles. The van der Waals surface area contributed by atoms with Gasteiger partial charge in [0.15, 0.2) is 0 Å². The molecule has 2 aromatic rings. The summed E-state index contributed by atoms with van der Waals surface area (Å²) < 4.78 is 0. The van der Waals surface area contributed by atoms with Gasteiger partial charge in [-0.2, -0.15) is 0 Å². The molecule has 2 rings (SSSR count). The molecule has 2 heterocycles. The number of hydrogen-bond donors (Lipinski definition) is 2. The van der Waals surface area contributed by atoms with E-state index in [-0.39, 0.29) is 5.56 Å². The van der Waals surface area contributed by atoms with E-state index < -0.39 is 16.6 Å². The highest BCUT2D eigenvalue weighted by Gasteiger charge is 2.20. The Hall–Kier alpha value is -2.48. The predicted molar refractivity (Wildman–Crippen MR) is 74.2 cm³/mol. The molecule has 0 bridgehead atoms. The zero-order valence-corrected chi connectivity index (χ0v) is 11.3. The maximum atomic E-state index is 11.0. The molecule has 0 amide bonds. The molecule has 104 valence electrons. The monoisotopic (exact) mass is 293 g/mol. The number of hydrogen-bond acceptors (Lipinski definition) is 6. The van der Waals surface area contributed by atoms with E-state index >= 15 is 0 Å². The van der Waals surface area contributed by atoms with Crippen molar-refractivity contribution < 1.29 is 14.8 Å². The molecule has 0 spiro atoms. The van der Waals surface area contributed by atoms with E-state index in [1.165, 1.54) is 6.07 Å². The van der Waals surface area contributed by atoms with Gasteiger partial charge in [-0.1, -0.05) is 0 Å². The number of aromatic nitrogens is 1. The second-order valence-electron chi connectivity index (χ2n) is 4.03. The third-order valence-electron chi connectivity index (χ3n) is 2.71. The largest absolute Gasteiger partial charge is 0.477 e. The lowest BCUT2D eigenvalue weighted by Gasteiger charge is -2.06. The van der Waals surface area contributed by atoms with Crippen LogP contribution >= 0.6 is 11.3 Å². The normalized spacial score (nSPS) is 10.2. The highest BCUT2D eigenvalue weighted by molar-refractivity contribution is 7.10. The smallest absolute Gasteiger partial charge is 0.342 e. The summed E-state index contributed by atoms with van der Waals surface area (Å²) in [5.74, 6) is -1.06. The summed E-state index contributed by atoms with van der Waals surface area (Å²) in [7, 11) is 0. The molecule has 0 unspecified atom stereocenters. The first-order valence-corrected chi connectivity index (χ1v) is 6.51. The van der Waals surface area contributed by atoms with Crippen molar-refractivity contribution >= 4 is 28.8 Å². The second kappa shape index (κ2) is 5.66. The maximum absolute atomic E-state index is 11.0. The fourth-order valence-corrected chi connectivity index (χ4v) is 2.46. The lowest BCUT2D eigenvalue weighted by atomic mass is 10.2. The highest BCUT2D eigenvalue weighted by atomic mass is 32.1. The lowest BCUT2D eigenvalue weighted by molar-refractivity contribution is -0.385. The van der Waals surface area contributed by atoms with E-state index in [9.17, 15) is 14.9 Å². The lowest BCUT2D eigenvalue weighted by Crippen LogP contribution is -2.07. The molecule has 2 N–H and O–H groups in total. The van der Waals surface area contributed by atoms with Crippen molar-refractivity contribution in [2.45, 2.75) is 13.5 Å². The molecular formula is C12H11N3O4S. The van der Waals surface area contributed by atoms with Crippen LogP contribution in [0.3, 0.4) is 0 Å². The molecular weight excluding hydrogens is 282 g/mol. The van der Waals surface area contributed by atoms with Crippen LogP contribution in [0, 0.1) is 17.0 Å². The fourth-order valence-electron chi connectivity index (χ4n) is 1.62. The number of nitrogens with zero attached hydrogens (tertiary/aromatic N) is 2. The molecule has 2 aromatic heterocycles. The highest BCUT2D eigenvalue weighted by Crippen LogP contribution is 2.22. The summed E-state index contributed by atoms with van der Waals surface area (Å²) >= 11 is 1.57. The number of anilines is 1. The van der Waals surface area contributed by atoms with Crippen LogP contribution in [-0.4, -0.2) is 21.0 Å². The van der Waals surface area contributed by atoms with Crippen LogP contribution in [0.25, 0.3) is 0 Å². The molecule has 0 radical (unpaired) electrons. The Kier molecular flexibility index (Phi) is 3.94. The van der Waals surface area contributed by atoms with Crippen molar-refractivity contribution in [1.29, 1.82) is 0 Å². The summed E-state index contributed by atoms with van der Waals surface area (Å²) in [5.41, 5.74) is 0.230. The Labute approximate surface area is 118 Å². The number of carbonyl (C=O) groups is 1. The van der Waals surface area contributed by atoms with Gasteiger partial charge in [0.25, 0.3) is 0 Å². The van der Waals surface area contributed by atoms with Crippen LogP contribution in [-0.2, 0) is 6.54 Å². The van der Waals surface area contributed by atoms with Crippen LogP contribution in [0.4, 0.5) is 11.5 Å². The zero-order chi connectivity index (χ0) is 14.7. The van der Waals surface area contributed by atoms with Crippen LogP contribution in [0.5, 0.6) is 0 Å². The third-order valence-corrected chi connectivity index (χ3v) is 3.73. The van der Waals surface area contributed by atoms with Crippen LogP contribution < -0.4 is 5.32 Å². The standard InChI is InChI=1S/C12H11N3O4S/c1-7-2-3-20-10(7)6-14-11-4-8(12(16)17)9(5-13-11)15(18)19/h2-5H,6H2,1H3,(H,13,14)(H,16,17). The van der Waals surface area contributed by atoms with Crippen molar-refractivity contribution in [1.82, 2.24) is 4.98 Å². The maximum Gasteiger partial charge on any atom is 0.342 e. The van der Waals surface area contributed by atoms with E-state index in [0.717, 1.165) is 16.6 Å². The predicted octanol–water partition coefficient (Wildman–Crippen LogP) is 2.67. The van der Waals surface area contributed by atoms with Crippen LogP contribution in [0.1, 0.15) is 20.8 Å². The SMILES string of the molecule is Cc1ccsc1CNc1cc(C(=O)O)c([N+](=O)[O-])cn1. The first kappa shape index (κ1) is 13.9. The first-order valence-electron chi connectivity index (χ1n) is 5.63. The van der Waals surface area contributed by atoms with Gasteiger partial charge < -0.3 is 10.4 Å². The van der Waals surface area contributed by atoms with E-state index in [1.807, 2.05) is 18.4 Å². The summed E-state index contributed by atoms with van der Waals surface area (Å²) in [5, 5.41) is 24.6. The van der Waals surface area contributed by atoms with Crippen molar-refractivity contribution in [3.05, 3.63) is 49.8 Å². The minimum Gasteiger partial charge on any atom is -0.477 e. The molecule has 0 aliphatic heterocycles. The number of thiophene rings is 1. The Morgan fingerprint density at radius 2 is 2.35 bits per heavy atom. The molecule has 0 aliphatic rings. The van der Waals surface area contributed by atoms with Gasteiger partial charge in [0.2, 0.25) is 0 Å². The minimum atomic E-state index is -1.35. The quantitative estimate of drug-likeness (QED) is 0.648. The average Bonchev–Trinajstić information content (AvgIpc) is 2.81. The van der Waals surface area contributed by atoms with Gasteiger partial charge in [-0.3, -0.25) is 10.1 Å². The topological polar surface area (TPSA) is 105 Å². The molecule has 0 fully saturated rings. The third kappa shape index (κ3) is 2.91. The Balaban J connectivity index is 2.21. The Bertz CT molecular complexity index is 668. The van der Waals surface area contributed by atoms with Gasteiger partial charge in [0.1, 0.15) is 17.6 Å². The summed E-state index contributed by atoms with van der Waals surface area (Å²) in [4.78, 5) is 25.9. The van der Waals surface area contributed by atoms with Crippen LogP contribution in [0.15, 0.2) is 23.7 Å². The van der Waals surface area contributed by atoms with Crippen molar-refractivity contribution in [2.24, 2.45) is 0 Å². The minimum absolute atomic E-state index is 0.292. The summed E-state index contributed by atoms with van der Waals surface area (Å²) in [6, 6.07) is 3.15. The van der Waals surface area contributed by atoms with Crippen molar-refractivity contribution in [3.63, 3.8) is 0 Å². The Morgan fingerprint density at radius 1 is 1.60 bits per heavy atom. The summed E-state index contributed by atoms with van der Waals surface area (Å²) in [6.07, 6.45) is 0.951. The van der Waals surface area contributed by atoms with E-state index in [4.69, 9.17) is 5.11 Å². The molecule has 0 aliphatic carbocycles. The molecule has 8 heteroatoms. The summed E-state index contributed by atoms with van der Waals surface area (Å²) in [6.45, 7) is 2.47. The van der Waals surface area contributed by atoms with Crippen molar-refractivity contribution in [3.8, 4) is 0 Å². The number of rotatable bonds is 5. The van der Waals surface area contributed by atoms with Gasteiger partial charge in [-0.25, -0.2) is 9.78 Å². The zero-order valence-electron chi connectivity index (χ0n) is 10.5. The van der Waals surface area contributed by atoms with E-state index in [2.05, 4.69) is 10.3 Å². The number of carboxylic acids is 1. The molecule has 20 heavy (non-hydrogen) atoms. The van der Waals surface area contributed by atoms with Crippen LogP contribution in [0.2, 0.25) is 0 Å². The van der Waals surface area contributed by atoms with E-state index in [0.29, 0.717) is 12.4 Å². The number of aryl methyl sites for hydroxylation is 1. The fraction of sp³-hybridized carbons (Fsp3) is 0.167. The number of nitro groups is 1. The molecule has 0 saturated carbocycles. The van der Waals surface area contributed by atoms with E-state index in [1.54, 1.807) is 11.3 Å². The number of carboxylic acid groups (broad SMARTS) is 1. The number of aromatic carboxylic acids is 1. The van der Waals surface area contributed by atoms with Gasteiger partial charge in [0.05, 0.1) is 11.5 Å².